The zero-order chi connectivity index (χ0) is 11.5. The average molecular weight is 342 g/mol. The molecule has 5 heteroatoms. The summed E-state index contributed by atoms with van der Waals surface area (Å²) >= 11 is 6.68. The predicted octanol–water partition coefficient (Wildman–Crippen LogP) is 4.28. The van der Waals surface area contributed by atoms with Gasteiger partial charge in [0.15, 0.2) is 0 Å². The first kappa shape index (κ1) is 15.7. The van der Waals surface area contributed by atoms with Crippen LogP contribution >= 0.6 is 31.9 Å². The van der Waals surface area contributed by atoms with Gasteiger partial charge in [-0.15, -0.1) is 0 Å². The van der Waals surface area contributed by atoms with Gasteiger partial charge in [0.25, 0.3) is 0 Å². The molecule has 0 rings (SSSR count). The van der Waals surface area contributed by atoms with E-state index in [0.29, 0.717) is 0 Å². The zero-order valence-electron chi connectivity index (χ0n) is 9.47. The van der Waals surface area contributed by atoms with Crippen LogP contribution in [0.1, 0.15) is 39.5 Å². The van der Waals surface area contributed by atoms with E-state index in [2.05, 4.69) is 45.7 Å². The molecule has 0 spiro atoms. The molecule has 0 aromatic carbocycles. The van der Waals surface area contributed by atoms with Gasteiger partial charge in [-0.2, -0.15) is 0 Å². The summed E-state index contributed by atoms with van der Waals surface area (Å²) in [7, 11) is -0.262. The van der Waals surface area contributed by atoms with Crippen molar-refractivity contribution in [1.82, 2.24) is 0 Å². The van der Waals surface area contributed by atoms with E-state index in [4.69, 9.17) is 9.31 Å². The molecule has 2 nitrogen and oxygen atoms in total. The molecule has 0 aromatic heterocycles. The fraction of sp³-hybridized carbons (Fsp3) is 0.800. The van der Waals surface area contributed by atoms with Crippen LogP contribution in [0.2, 0.25) is 0 Å². The highest BCUT2D eigenvalue weighted by molar-refractivity contribution is 9.14. The van der Waals surface area contributed by atoms with Gasteiger partial charge in [0.1, 0.15) is 0 Å². The fourth-order valence-corrected chi connectivity index (χ4v) is 1.41. The molecule has 88 valence electrons. The maximum atomic E-state index is 5.61. The summed E-state index contributed by atoms with van der Waals surface area (Å²) in [6.07, 6.45) is 4.40. The van der Waals surface area contributed by atoms with Gasteiger partial charge in [-0.3, -0.25) is 0 Å². The van der Waals surface area contributed by atoms with Crippen LogP contribution in [-0.2, 0) is 9.31 Å². The molecule has 0 heterocycles. The van der Waals surface area contributed by atoms with Crippen molar-refractivity contribution < 1.29 is 9.31 Å². The van der Waals surface area contributed by atoms with Gasteiger partial charge in [-0.1, -0.05) is 58.5 Å². The van der Waals surface area contributed by atoms with Crippen molar-refractivity contribution in [2.24, 2.45) is 0 Å². The molecule has 15 heavy (non-hydrogen) atoms. The minimum absolute atomic E-state index is 0.262. The maximum Gasteiger partial charge on any atom is 0.501 e. The molecule has 0 saturated carbocycles. The second-order valence-corrected chi connectivity index (χ2v) is 4.65. The maximum absolute atomic E-state index is 5.61. The number of halogens is 2. The van der Waals surface area contributed by atoms with Crippen molar-refractivity contribution in [3.8, 4) is 0 Å². The highest BCUT2D eigenvalue weighted by Crippen LogP contribution is 2.15. The van der Waals surface area contributed by atoms with E-state index in [1.54, 1.807) is 4.99 Å². The van der Waals surface area contributed by atoms with Crippen LogP contribution in [-0.4, -0.2) is 20.3 Å². The van der Waals surface area contributed by atoms with Crippen molar-refractivity contribution in [1.29, 1.82) is 0 Å². The molecule has 0 unspecified atom stereocenters. The lowest BCUT2D eigenvalue weighted by Gasteiger charge is -2.13. The first-order chi connectivity index (χ1) is 7.26. The monoisotopic (exact) mass is 340 g/mol. The molecular formula is C10H19BBr2O2. The summed E-state index contributed by atoms with van der Waals surface area (Å²) in [4.78, 5) is 1.79. The summed E-state index contributed by atoms with van der Waals surface area (Å²) in [5.74, 6) is 0. The molecule has 0 aliphatic carbocycles. The van der Waals surface area contributed by atoms with Gasteiger partial charge in [-0.05, 0) is 17.8 Å². The quantitative estimate of drug-likeness (QED) is 0.460. The minimum Gasteiger partial charge on any atom is -0.407 e. The number of unbranched alkanes of at least 4 members (excludes halogenated alkanes) is 2. The van der Waals surface area contributed by atoms with E-state index in [9.17, 15) is 0 Å². The topological polar surface area (TPSA) is 18.5 Å². The number of hydrogen-bond acceptors (Lipinski definition) is 2. The van der Waals surface area contributed by atoms with Crippen LogP contribution in [0.5, 0.6) is 0 Å². The Morgan fingerprint density at radius 3 is 1.93 bits per heavy atom. The van der Waals surface area contributed by atoms with Crippen molar-refractivity contribution >= 4 is 39.0 Å². The van der Waals surface area contributed by atoms with E-state index < -0.39 is 0 Å². The third-order valence-corrected chi connectivity index (χ3v) is 3.57. The van der Waals surface area contributed by atoms with Crippen molar-refractivity contribution in [2.45, 2.75) is 39.5 Å². The molecule has 0 atom stereocenters. The summed E-state index contributed by atoms with van der Waals surface area (Å²) < 4.78 is 12.1. The second kappa shape index (κ2) is 11.2. The Bertz CT molecular complexity index is 167. The lowest BCUT2D eigenvalue weighted by molar-refractivity contribution is 0.200. The molecule has 0 bridgehead atoms. The highest BCUT2D eigenvalue weighted by atomic mass is 79.9. The molecule has 0 fully saturated rings. The smallest absolute Gasteiger partial charge is 0.407 e. The van der Waals surface area contributed by atoms with E-state index in [0.717, 1.165) is 43.3 Å². The van der Waals surface area contributed by atoms with Crippen LogP contribution < -0.4 is 0 Å². The van der Waals surface area contributed by atoms with E-state index in [1.807, 2.05) is 0 Å². The summed E-state index contributed by atoms with van der Waals surface area (Å²) in [5, 5.41) is 0. The first-order valence-corrected chi connectivity index (χ1v) is 7.16. The van der Waals surface area contributed by atoms with Gasteiger partial charge in [0, 0.05) is 17.6 Å². The van der Waals surface area contributed by atoms with Crippen LogP contribution in [0, 0.1) is 0 Å². The number of rotatable bonds is 9. The Labute approximate surface area is 110 Å². The molecule has 0 saturated heterocycles. The van der Waals surface area contributed by atoms with Crippen molar-refractivity contribution in [3.63, 3.8) is 0 Å². The van der Waals surface area contributed by atoms with Gasteiger partial charge in [-0.25, -0.2) is 0 Å². The lowest BCUT2D eigenvalue weighted by atomic mass is 9.90. The third kappa shape index (κ3) is 8.49. The molecule has 0 N–H and O–H groups in total. The van der Waals surface area contributed by atoms with Crippen LogP contribution in [0.25, 0.3) is 0 Å². The summed E-state index contributed by atoms with van der Waals surface area (Å²) in [6.45, 7) is 5.77. The predicted molar refractivity (Wildman–Crippen MR) is 73.4 cm³/mol. The standard InChI is InChI=1S/C10H19BBr2O2/c1-3-5-7-14-11(10(13)9-12)15-8-6-4-2/h9H,3-8H2,1-2H3/b10-9+. The van der Waals surface area contributed by atoms with Gasteiger partial charge in [0.05, 0.1) is 0 Å². The number of hydrogen-bond donors (Lipinski definition) is 0. The molecule has 0 aliphatic rings. The Hall–Kier alpha value is 0.685. The molecule has 0 aliphatic heterocycles. The Balaban J connectivity index is 3.85. The van der Waals surface area contributed by atoms with Crippen molar-refractivity contribution in [2.75, 3.05) is 13.2 Å². The van der Waals surface area contributed by atoms with E-state index >= 15 is 0 Å². The molecular weight excluding hydrogens is 323 g/mol. The Morgan fingerprint density at radius 2 is 1.60 bits per heavy atom. The first-order valence-electron chi connectivity index (χ1n) is 5.45. The SMILES string of the molecule is CCCCOB(OCCCC)/C(Br)=C\Br. The zero-order valence-corrected chi connectivity index (χ0v) is 12.6. The summed E-state index contributed by atoms with van der Waals surface area (Å²) in [5.41, 5.74) is 0. The molecule has 0 aromatic rings. The molecule has 0 amide bonds. The summed E-state index contributed by atoms with van der Waals surface area (Å²) in [6, 6.07) is 0. The van der Waals surface area contributed by atoms with Crippen LogP contribution in [0.3, 0.4) is 0 Å². The average Bonchev–Trinajstić information content (AvgIpc) is 2.26. The largest absolute Gasteiger partial charge is 0.501 e. The lowest BCUT2D eigenvalue weighted by Crippen LogP contribution is -2.24. The normalized spacial score (nSPS) is 11.9. The Kier molecular flexibility index (Phi) is 11.7. The van der Waals surface area contributed by atoms with Crippen LogP contribution in [0.15, 0.2) is 9.37 Å². The van der Waals surface area contributed by atoms with E-state index in [-0.39, 0.29) is 7.12 Å². The molecule has 0 radical (unpaired) electrons. The fourth-order valence-electron chi connectivity index (χ4n) is 0.928. The second-order valence-electron chi connectivity index (χ2n) is 3.27. The highest BCUT2D eigenvalue weighted by Gasteiger charge is 2.21. The van der Waals surface area contributed by atoms with Crippen molar-refractivity contribution in [3.05, 3.63) is 9.37 Å². The van der Waals surface area contributed by atoms with Gasteiger partial charge in [0.2, 0.25) is 0 Å². The van der Waals surface area contributed by atoms with Gasteiger partial charge < -0.3 is 9.31 Å². The Morgan fingerprint density at radius 1 is 1.13 bits per heavy atom. The third-order valence-electron chi connectivity index (χ3n) is 1.86. The van der Waals surface area contributed by atoms with Crippen LogP contribution in [0.4, 0.5) is 0 Å². The van der Waals surface area contributed by atoms with E-state index in [1.165, 1.54) is 0 Å². The minimum atomic E-state index is -0.262. The van der Waals surface area contributed by atoms with Gasteiger partial charge >= 0.3 is 7.12 Å².